The fourth-order valence-corrected chi connectivity index (χ4v) is 3.15. The van der Waals surface area contributed by atoms with Crippen molar-refractivity contribution in [3.05, 3.63) is 34.3 Å². The highest BCUT2D eigenvalue weighted by Crippen LogP contribution is 2.34. The molecule has 0 bridgehead atoms. The number of nitrogens with two attached hydrogens (primary N) is 1. The Bertz CT molecular complexity index is 432. The zero-order valence-electron chi connectivity index (χ0n) is 12.2. The van der Waals surface area contributed by atoms with Gasteiger partial charge in [0.05, 0.1) is 0 Å². The van der Waals surface area contributed by atoms with E-state index in [1.165, 1.54) is 24.0 Å². The average molecular weight is 281 g/mol. The molecule has 3 heteroatoms. The highest BCUT2D eigenvalue weighted by Gasteiger charge is 2.29. The van der Waals surface area contributed by atoms with Gasteiger partial charge in [0.2, 0.25) is 0 Å². The van der Waals surface area contributed by atoms with E-state index in [0.717, 1.165) is 18.1 Å². The molecule has 1 aromatic rings. The summed E-state index contributed by atoms with van der Waals surface area (Å²) < 4.78 is 0. The number of nitrogens with zero attached hydrogens (tertiary/aromatic N) is 1. The first kappa shape index (κ1) is 14.8. The van der Waals surface area contributed by atoms with Crippen molar-refractivity contribution in [3.63, 3.8) is 0 Å². The van der Waals surface area contributed by atoms with Gasteiger partial charge in [0.1, 0.15) is 0 Å². The van der Waals surface area contributed by atoms with Crippen LogP contribution in [0.4, 0.5) is 0 Å². The summed E-state index contributed by atoms with van der Waals surface area (Å²) in [6, 6.07) is 6.47. The molecule has 1 saturated heterocycles. The van der Waals surface area contributed by atoms with Crippen LogP contribution in [0.25, 0.3) is 0 Å². The van der Waals surface area contributed by atoms with E-state index in [2.05, 4.69) is 31.7 Å². The van der Waals surface area contributed by atoms with E-state index in [-0.39, 0.29) is 0 Å². The summed E-state index contributed by atoms with van der Waals surface area (Å²) in [5.41, 5.74) is 9.08. The van der Waals surface area contributed by atoms with Gasteiger partial charge in [0.25, 0.3) is 0 Å². The van der Waals surface area contributed by atoms with Gasteiger partial charge in [-0.3, -0.25) is 4.90 Å². The Morgan fingerprint density at radius 2 is 1.95 bits per heavy atom. The summed E-state index contributed by atoms with van der Waals surface area (Å²) in [5.74, 6) is 0. The SMILES string of the molecule is Cc1cc(Cl)ccc1C(CN)N1CCC(C)(C)CC1. The maximum absolute atomic E-state index is 6.04. The van der Waals surface area contributed by atoms with Crippen molar-refractivity contribution in [2.75, 3.05) is 19.6 Å². The Balaban J connectivity index is 2.16. The highest BCUT2D eigenvalue weighted by atomic mass is 35.5. The summed E-state index contributed by atoms with van der Waals surface area (Å²) in [6.07, 6.45) is 2.49. The first-order valence-electron chi connectivity index (χ1n) is 7.13. The molecular formula is C16H25ClN2. The Morgan fingerprint density at radius 3 is 2.47 bits per heavy atom. The molecule has 106 valence electrons. The van der Waals surface area contributed by atoms with Crippen molar-refractivity contribution < 1.29 is 0 Å². The van der Waals surface area contributed by atoms with Crippen LogP contribution in [0, 0.1) is 12.3 Å². The van der Waals surface area contributed by atoms with E-state index in [4.69, 9.17) is 17.3 Å². The van der Waals surface area contributed by atoms with Gasteiger partial charge in [-0.05, 0) is 61.5 Å². The normalized spacial score (nSPS) is 21.3. The first-order valence-corrected chi connectivity index (χ1v) is 7.51. The van der Waals surface area contributed by atoms with E-state index in [1.54, 1.807) is 0 Å². The molecule has 2 nitrogen and oxygen atoms in total. The largest absolute Gasteiger partial charge is 0.329 e. The third-order valence-electron chi connectivity index (χ3n) is 4.41. The van der Waals surface area contributed by atoms with Crippen molar-refractivity contribution in [1.82, 2.24) is 4.90 Å². The predicted octanol–water partition coefficient (Wildman–Crippen LogP) is 3.77. The van der Waals surface area contributed by atoms with Crippen LogP contribution in [0.3, 0.4) is 0 Å². The van der Waals surface area contributed by atoms with Crippen molar-refractivity contribution in [2.24, 2.45) is 11.1 Å². The molecule has 1 aliphatic heterocycles. The smallest absolute Gasteiger partial charge is 0.0473 e. The predicted molar refractivity (Wildman–Crippen MR) is 82.6 cm³/mol. The lowest BCUT2D eigenvalue weighted by Gasteiger charge is -2.41. The molecule has 0 aliphatic carbocycles. The van der Waals surface area contributed by atoms with Crippen molar-refractivity contribution in [1.29, 1.82) is 0 Å². The Labute approximate surface area is 121 Å². The molecule has 1 heterocycles. The van der Waals surface area contributed by atoms with Crippen molar-refractivity contribution in [2.45, 2.75) is 39.7 Å². The third kappa shape index (κ3) is 3.50. The van der Waals surface area contributed by atoms with Crippen LogP contribution >= 0.6 is 11.6 Å². The number of halogens is 1. The van der Waals surface area contributed by atoms with Gasteiger partial charge >= 0.3 is 0 Å². The molecule has 0 aromatic heterocycles. The molecule has 19 heavy (non-hydrogen) atoms. The van der Waals surface area contributed by atoms with Crippen LogP contribution in [0.15, 0.2) is 18.2 Å². The number of aryl methyl sites for hydroxylation is 1. The molecule has 2 rings (SSSR count). The van der Waals surface area contributed by atoms with E-state index < -0.39 is 0 Å². The highest BCUT2D eigenvalue weighted by molar-refractivity contribution is 6.30. The third-order valence-corrected chi connectivity index (χ3v) is 4.64. The van der Waals surface area contributed by atoms with Crippen LogP contribution in [-0.2, 0) is 0 Å². The summed E-state index contributed by atoms with van der Waals surface area (Å²) in [6.45, 7) is 9.78. The molecule has 0 radical (unpaired) electrons. The van der Waals surface area contributed by atoms with Crippen molar-refractivity contribution >= 4 is 11.6 Å². The Kier molecular flexibility index (Phi) is 4.54. The minimum Gasteiger partial charge on any atom is -0.329 e. The zero-order valence-corrected chi connectivity index (χ0v) is 13.0. The van der Waals surface area contributed by atoms with E-state index in [9.17, 15) is 0 Å². The quantitative estimate of drug-likeness (QED) is 0.913. The maximum atomic E-state index is 6.04. The summed E-state index contributed by atoms with van der Waals surface area (Å²) in [7, 11) is 0. The number of likely N-dealkylation sites (tertiary alicyclic amines) is 1. The van der Waals surface area contributed by atoms with E-state index >= 15 is 0 Å². The lowest BCUT2D eigenvalue weighted by Crippen LogP contribution is -2.42. The summed E-state index contributed by atoms with van der Waals surface area (Å²) in [5, 5.41) is 0.803. The minimum atomic E-state index is 0.327. The molecular weight excluding hydrogens is 256 g/mol. The molecule has 0 spiro atoms. The number of rotatable bonds is 3. The molecule has 1 unspecified atom stereocenters. The topological polar surface area (TPSA) is 29.3 Å². The fourth-order valence-electron chi connectivity index (χ4n) is 2.93. The van der Waals surface area contributed by atoms with Crippen LogP contribution in [0.5, 0.6) is 0 Å². The molecule has 2 N–H and O–H groups in total. The second-order valence-electron chi connectivity index (χ2n) is 6.45. The summed E-state index contributed by atoms with van der Waals surface area (Å²) in [4.78, 5) is 2.53. The first-order chi connectivity index (χ1) is 8.93. The van der Waals surface area contributed by atoms with Gasteiger partial charge < -0.3 is 5.73 Å². The van der Waals surface area contributed by atoms with Gasteiger partial charge in [0, 0.05) is 17.6 Å². The monoisotopic (exact) mass is 280 g/mol. The maximum Gasteiger partial charge on any atom is 0.0473 e. The van der Waals surface area contributed by atoms with Gasteiger partial charge in [-0.25, -0.2) is 0 Å². The molecule has 1 aliphatic rings. The second kappa shape index (κ2) is 5.82. The van der Waals surface area contributed by atoms with E-state index in [0.29, 0.717) is 18.0 Å². The number of hydrogen-bond donors (Lipinski definition) is 1. The lowest BCUT2D eigenvalue weighted by molar-refractivity contribution is 0.0962. The van der Waals surface area contributed by atoms with Crippen LogP contribution in [-0.4, -0.2) is 24.5 Å². The summed E-state index contributed by atoms with van der Waals surface area (Å²) >= 11 is 6.04. The molecule has 0 amide bonds. The van der Waals surface area contributed by atoms with Gasteiger partial charge in [-0.2, -0.15) is 0 Å². The van der Waals surface area contributed by atoms with Gasteiger partial charge in [-0.15, -0.1) is 0 Å². The Hall–Kier alpha value is -0.570. The average Bonchev–Trinajstić information content (AvgIpc) is 2.34. The molecule has 1 atom stereocenters. The van der Waals surface area contributed by atoms with Crippen LogP contribution in [0.1, 0.15) is 43.9 Å². The fraction of sp³-hybridized carbons (Fsp3) is 0.625. The van der Waals surface area contributed by atoms with Gasteiger partial charge in [0.15, 0.2) is 0 Å². The molecule has 1 aromatic carbocycles. The van der Waals surface area contributed by atoms with E-state index in [1.807, 2.05) is 12.1 Å². The standard InChI is InChI=1S/C16H25ClN2/c1-12-10-13(17)4-5-14(12)15(11-18)19-8-6-16(2,3)7-9-19/h4-5,10,15H,6-9,11,18H2,1-3H3. The number of hydrogen-bond acceptors (Lipinski definition) is 2. The molecule has 0 saturated carbocycles. The second-order valence-corrected chi connectivity index (χ2v) is 6.89. The Morgan fingerprint density at radius 1 is 1.32 bits per heavy atom. The van der Waals surface area contributed by atoms with Gasteiger partial charge in [-0.1, -0.05) is 31.5 Å². The molecule has 1 fully saturated rings. The number of piperidine rings is 1. The van der Waals surface area contributed by atoms with Crippen LogP contribution < -0.4 is 5.73 Å². The number of benzene rings is 1. The zero-order chi connectivity index (χ0) is 14.0. The lowest BCUT2D eigenvalue weighted by atomic mass is 9.82. The van der Waals surface area contributed by atoms with Crippen molar-refractivity contribution in [3.8, 4) is 0 Å². The van der Waals surface area contributed by atoms with Crippen LogP contribution in [0.2, 0.25) is 5.02 Å². The minimum absolute atomic E-state index is 0.327.